The summed E-state index contributed by atoms with van der Waals surface area (Å²) in [5.41, 5.74) is 0.633. The van der Waals surface area contributed by atoms with Crippen LogP contribution < -0.4 is 14.2 Å². The molecule has 10 nitrogen and oxygen atoms in total. The molecular weight excluding hydrogens is 436 g/mol. The van der Waals surface area contributed by atoms with Crippen LogP contribution in [0.15, 0.2) is 42.5 Å². The van der Waals surface area contributed by atoms with Gasteiger partial charge in [-0.05, 0) is 23.8 Å². The van der Waals surface area contributed by atoms with Gasteiger partial charge in [0, 0.05) is 12.1 Å². The predicted octanol–water partition coefficient (Wildman–Crippen LogP) is 0.484. The molecule has 0 unspecified atom stereocenters. The second-order valence-electron chi connectivity index (χ2n) is 7.31. The smallest absolute Gasteiger partial charge is 0.229 e. The summed E-state index contributed by atoms with van der Waals surface area (Å²) in [6.45, 7) is -0.558. The summed E-state index contributed by atoms with van der Waals surface area (Å²) >= 11 is 0. The third-order valence-electron chi connectivity index (χ3n) is 5.16. The molecule has 0 radical (unpaired) electrons. The minimum Gasteiger partial charge on any atom is -0.507 e. The molecular formula is C23H26O10. The van der Waals surface area contributed by atoms with Gasteiger partial charge in [-0.25, -0.2) is 0 Å². The number of phenolic OH excluding ortho intramolecular Hbond substituents is 1. The van der Waals surface area contributed by atoms with Gasteiger partial charge in [-0.3, -0.25) is 4.79 Å². The Balaban J connectivity index is 1.69. The molecule has 5 atom stereocenters. The molecule has 0 bridgehead atoms. The molecule has 1 aliphatic rings. The van der Waals surface area contributed by atoms with Crippen molar-refractivity contribution in [1.29, 1.82) is 0 Å². The lowest BCUT2D eigenvalue weighted by Crippen LogP contribution is -2.60. The van der Waals surface area contributed by atoms with Crippen LogP contribution in [0.4, 0.5) is 0 Å². The standard InChI is InChI=1S/C23H26O10/c1-30-14-9-16(26)19(17(10-14)31-2)15(25)8-5-12-3-6-13(7-4-12)32-23-22(29)21(28)20(27)18(11-24)33-23/h3-10,18,20-24,26-29H,11H2,1-2H3/b8-5+/t18-,20-,21+,22+,23-/m1/s1. The van der Waals surface area contributed by atoms with Crippen molar-refractivity contribution in [2.45, 2.75) is 30.7 Å². The van der Waals surface area contributed by atoms with E-state index in [4.69, 9.17) is 18.9 Å². The number of hydrogen-bond donors (Lipinski definition) is 5. The van der Waals surface area contributed by atoms with E-state index in [-0.39, 0.29) is 22.8 Å². The maximum atomic E-state index is 12.6. The van der Waals surface area contributed by atoms with E-state index >= 15 is 0 Å². The topological polar surface area (TPSA) is 155 Å². The van der Waals surface area contributed by atoms with E-state index in [9.17, 15) is 30.3 Å². The van der Waals surface area contributed by atoms with E-state index in [2.05, 4.69) is 0 Å². The van der Waals surface area contributed by atoms with Crippen LogP contribution in [0, 0.1) is 0 Å². The summed E-state index contributed by atoms with van der Waals surface area (Å²) in [6.07, 6.45) is -4.10. The van der Waals surface area contributed by atoms with Gasteiger partial charge in [0.2, 0.25) is 6.29 Å². The molecule has 0 aliphatic carbocycles. The van der Waals surface area contributed by atoms with Crippen LogP contribution in [0.3, 0.4) is 0 Å². The lowest BCUT2D eigenvalue weighted by molar-refractivity contribution is -0.277. The summed E-state index contributed by atoms with van der Waals surface area (Å²) in [5, 5.41) is 49.2. The van der Waals surface area contributed by atoms with Gasteiger partial charge in [-0.2, -0.15) is 0 Å². The number of rotatable bonds is 8. The van der Waals surface area contributed by atoms with Gasteiger partial charge in [0.15, 0.2) is 5.78 Å². The van der Waals surface area contributed by atoms with Gasteiger partial charge in [-0.15, -0.1) is 0 Å². The molecule has 2 aromatic carbocycles. The van der Waals surface area contributed by atoms with Crippen LogP contribution >= 0.6 is 0 Å². The molecule has 5 N–H and O–H groups in total. The Morgan fingerprint density at radius 3 is 2.30 bits per heavy atom. The van der Waals surface area contributed by atoms with E-state index in [0.717, 1.165) is 0 Å². The van der Waals surface area contributed by atoms with Crippen molar-refractivity contribution in [2.24, 2.45) is 0 Å². The highest BCUT2D eigenvalue weighted by Crippen LogP contribution is 2.34. The zero-order valence-electron chi connectivity index (χ0n) is 18.0. The molecule has 2 aromatic rings. The maximum Gasteiger partial charge on any atom is 0.229 e. The Bertz CT molecular complexity index is 985. The fourth-order valence-corrected chi connectivity index (χ4v) is 3.31. The number of aliphatic hydroxyl groups excluding tert-OH is 4. The van der Waals surface area contributed by atoms with Crippen molar-refractivity contribution in [3.8, 4) is 23.0 Å². The van der Waals surface area contributed by atoms with Gasteiger partial charge in [-0.1, -0.05) is 18.2 Å². The van der Waals surface area contributed by atoms with Crippen molar-refractivity contribution in [1.82, 2.24) is 0 Å². The lowest BCUT2D eigenvalue weighted by atomic mass is 9.99. The first kappa shape index (κ1) is 24.5. The van der Waals surface area contributed by atoms with Crippen LogP contribution in [0.1, 0.15) is 15.9 Å². The average Bonchev–Trinajstić information content (AvgIpc) is 2.83. The van der Waals surface area contributed by atoms with Crippen molar-refractivity contribution < 1.29 is 49.3 Å². The third kappa shape index (κ3) is 5.44. The predicted molar refractivity (Wildman–Crippen MR) is 115 cm³/mol. The molecule has 0 aromatic heterocycles. The monoisotopic (exact) mass is 462 g/mol. The molecule has 10 heteroatoms. The van der Waals surface area contributed by atoms with Gasteiger partial charge < -0.3 is 44.5 Å². The number of hydrogen-bond acceptors (Lipinski definition) is 10. The number of carbonyl (C=O) groups excluding carboxylic acids is 1. The molecule has 1 fully saturated rings. The Kier molecular flexibility index (Phi) is 7.90. The number of ether oxygens (including phenoxy) is 4. The first-order valence-corrected chi connectivity index (χ1v) is 10.0. The SMILES string of the molecule is COc1cc(O)c(C(=O)/C=C/c2ccc(O[C@@H]3O[C@H](CO)[C@@H](O)[C@H](O)[C@@H]3O)cc2)c(OC)c1. The first-order chi connectivity index (χ1) is 15.8. The Labute approximate surface area is 189 Å². The molecule has 0 amide bonds. The van der Waals surface area contributed by atoms with Crippen LogP contribution in [0.5, 0.6) is 23.0 Å². The second kappa shape index (κ2) is 10.6. The fraction of sp³-hybridized carbons (Fsp3) is 0.348. The number of aliphatic hydroxyl groups is 4. The van der Waals surface area contributed by atoms with Crippen molar-refractivity contribution >= 4 is 11.9 Å². The zero-order chi connectivity index (χ0) is 24.1. The molecule has 3 rings (SSSR count). The van der Waals surface area contributed by atoms with Gasteiger partial charge in [0.25, 0.3) is 0 Å². The summed E-state index contributed by atoms with van der Waals surface area (Å²) in [6, 6.07) is 9.18. The lowest BCUT2D eigenvalue weighted by Gasteiger charge is -2.39. The highest BCUT2D eigenvalue weighted by molar-refractivity contribution is 6.10. The Morgan fingerprint density at radius 1 is 1.00 bits per heavy atom. The molecule has 1 heterocycles. The largest absolute Gasteiger partial charge is 0.507 e. The number of benzene rings is 2. The normalized spacial score (nSPS) is 25.1. The first-order valence-electron chi connectivity index (χ1n) is 10.0. The molecule has 1 aliphatic heterocycles. The van der Waals surface area contributed by atoms with Crippen LogP contribution in [0.25, 0.3) is 6.08 Å². The number of aromatic hydroxyl groups is 1. The molecule has 178 valence electrons. The zero-order valence-corrected chi connectivity index (χ0v) is 18.0. The number of ketones is 1. The summed E-state index contributed by atoms with van der Waals surface area (Å²) in [5.74, 6) is 0.0553. The quantitative estimate of drug-likeness (QED) is 0.276. The van der Waals surface area contributed by atoms with E-state index in [1.54, 1.807) is 24.3 Å². The van der Waals surface area contributed by atoms with E-state index in [0.29, 0.717) is 11.3 Å². The molecule has 1 saturated heterocycles. The van der Waals surface area contributed by atoms with Crippen molar-refractivity contribution in [3.63, 3.8) is 0 Å². The minimum atomic E-state index is -1.54. The number of carbonyl (C=O) groups is 1. The number of methoxy groups -OCH3 is 2. The highest BCUT2D eigenvalue weighted by Gasteiger charge is 2.44. The summed E-state index contributed by atoms with van der Waals surface area (Å²) in [4.78, 5) is 12.6. The highest BCUT2D eigenvalue weighted by atomic mass is 16.7. The fourth-order valence-electron chi connectivity index (χ4n) is 3.31. The second-order valence-corrected chi connectivity index (χ2v) is 7.31. The van der Waals surface area contributed by atoms with Crippen LogP contribution in [0.2, 0.25) is 0 Å². The Hall–Kier alpha value is -3.15. The van der Waals surface area contributed by atoms with Crippen molar-refractivity contribution in [3.05, 3.63) is 53.6 Å². The van der Waals surface area contributed by atoms with E-state index in [1.807, 2.05) is 0 Å². The molecule has 0 saturated carbocycles. The average molecular weight is 462 g/mol. The maximum absolute atomic E-state index is 12.6. The Morgan fingerprint density at radius 2 is 1.70 bits per heavy atom. The third-order valence-corrected chi connectivity index (χ3v) is 5.16. The molecule has 0 spiro atoms. The van der Waals surface area contributed by atoms with Gasteiger partial charge in [0.1, 0.15) is 53.0 Å². The van der Waals surface area contributed by atoms with Crippen LogP contribution in [-0.2, 0) is 4.74 Å². The van der Waals surface area contributed by atoms with Crippen molar-refractivity contribution in [2.75, 3.05) is 20.8 Å². The number of allylic oxidation sites excluding steroid dienone is 1. The van der Waals surface area contributed by atoms with E-state index in [1.165, 1.54) is 38.5 Å². The van der Waals surface area contributed by atoms with Gasteiger partial charge >= 0.3 is 0 Å². The number of phenols is 1. The minimum absolute atomic E-state index is 0.00267. The van der Waals surface area contributed by atoms with Crippen LogP contribution in [-0.4, -0.2) is 82.8 Å². The van der Waals surface area contributed by atoms with E-state index < -0.39 is 43.1 Å². The van der Waals surface area contributed by atoms with Gasteiger partial charge in [0.05, 0.1) is 20.8 Å². The summed E-state index contributed by atoms with van der Waals surface area (Å²) in [7, 11) is 2.81. The molecule has 33 heavy (non-hydrogen) atoms. The summed E-state index contributed by atoms with van der Waals surface area (Å²) < 4.78 is 21.1.